The number of amides is 1. The molecule has 1 aromatic heterocycles. The fourth-order valence-electron chi connectivity index (χ4n) is 4.21. The summed E-state index contributed by atoms with van der Waals surface area (Å²) in [6, 6.07) is 22.2. The average molecular weight is 451 g/mol. The van der Waals surface area contributed by atoms with Crippen LogP contribution >= 0.6 is 0 Å². The van der Waals surface area contributed by atoms with Gasteiger partial charge >= 0.3 is 0 Å². The lowest BCUT2D eigenvalue weighted by Gasteiger charge is -2.25. The molecule has 3 aromatic carbocycles. The minimum atomic E-state index is -0.984. The molecule has 4 aromatic rings. The number of benzene rings is 3. The van der Waals surface area contributed by atoms with Gasteiger partial charge in [0.15, 0.2) is 0 Å². The molecule has 1 saturated heterocycles. The van der Waals surface area contributed by atoms with E-state index in [0.29, 0.717) is 11.4 Å². The highest BCUT2D eigenvalue weighted by molar-refractivity contribution is 6.52. The lowest BCUT2D eigenvalue weighted by molar-refractivity contribution is -0.384. The van der Waals surface area contributed by atoms with E-state index in [-0.39, 0.29) is 16.8 Å². The van der Waals surface area contributed by atoms with Gasteiger partial charge in [0.2, 0.25) is 0 Å². The molecule has 0 radical (unpaired) electrons. The molecule has 5 rings (SSSR count). The van der Waals surface area contributed by atoms with Crippen molar-refractivity contribution in [3.8, 4) is 0 Å². The van der Waals surface area contributed by atoms with Crippen LogP contribution in [0, 0.1) is 10.1 Å². The van der Waals surface area contributed by atoms with Gasteiger partial charge < -0.3 is 5.11 Å². The van der Waals surface area contributed by atoms with E-state index in [1.54, 1.807) is 36.5 Å². The number of aliphatic hydroxyl groups is 1. The van der Waals surface area contributed by atoms with E-state index in [1.807, 2.05) is 30.3 Å². The number of pyridine rings is 1. The van der Waals surface area contributed by atoms with Gasteiger partial charge in [-0.1, -0.05) is 42.5 Å². The van der Waals surface area contributed by atoms with E-state index in [9.17, 15) is 24.8 Å². The maximum absolute atomic E-state index is 13.3. The summed E-state index contributed by atoms with van der Waals surface area (Å²) in [6.45, 7) is 0. The number of carbonyl (C=O) groups is 2. The second-order valence-electron chi connectivity index (χ2n) is 7.73. The van der Waals surface area contributed by atoms with Crippen molar-refractivity contribution in [1.82, 2.24) is 4.98 Å². The molecule has 1 N–H and O–H groups in total. The van der Waals surface area contributed by atoms with Gasteiger partial charge in [0.05, 0.1) is 21.9 Å². The van der Waals surface area contributed by atoms with Crippen LogP contribution < -0.4 is 4.90 Å². The third-order valence-corrected chi connectivity index (χ3v) is 5.79. The van der Waals surface area contributed by atoms with E-state index >= 15 is 0 Å². The summed E-state index contributed by atoms with van der Waals surface area (Å²) < 4.78 is 0. The Morgan fingerprint density at radius 1 is 0.912 bits per heavy atom. The molecule has 2 heterocycles. The Labute approximate surface area is 193 Å². The van der Waals surface area contributed by atoms with E-state index in [2.05, 4.69) is 4.98 Å². The summed E-state index contributed by atoms with van der Waals surface area (Å²) >= 11 is 0. The van der Waals surface area contributed by atoms with Crippen molar-refractivity contribution in [1.29, 1.82) is 0 Å². The fraction of sp³-hybridized carbons (Fsp3) is 0.0385. The summed E-state index contributed by atoms with van der Waals surface area (Å²) in [5, 5.41) is 23.8. The number of hydrogen-bond acceptors (Lipinski definition) is 6. The van der Waals surface area contributed by atoms with Crippen molar-refractivity contribution in [2.75, 3.05) is 4.90 Å². The predicted octanol–water partition coefficient (Wildman–Crippen LogP) is 4.77. The van der Waals surface area contributed by atoms with Crippen LogP contribution in [0.5, 0.6) is 0 Å². The Balaban J connectivity index is 1.74. The zero-order valence-electron chi connectivity index (χ0n) is 17.7. The first-order chi connectivity index (χ1) is 16.5. The first kappa shape index (κ1) is 21.0. The summed E-state index contributed by atoms with van der Waals surface area (Å²) in [6.07, 6.45) is 1.55. The Kier molecular flexibility index (Phi) is 5.10. The van der Waals surface area contributed by atoms with Crippen molar-refractivity contribution in [3.05, 3.63) is 118 Å². The number of nitrogens with zero attached hydrogens (tertiary/aromatic N) is 3. The molecular formula is C26H17N3O5. The van der Waals surface area contributed by atoms with Crippen LogP contribution in [-0.4, -0.2) is 26.7 Å². The predicted molar refractivity (Wildman–Crippen MR) is 126 cm³/mol. The number of aliphatic hydroxyl groups excluding tert-OH is 1. The highest BCUT2D eigenvalue weighted by Crippen LogP contribution is 2.43. The summed E-state index contributed by atoms with van der Waals surface area (Å²) in [5.41, 5.74) is 0.804. The van der Waals surface area contributed by atoms with Crippen LogP contribution in [0.15, 0.2) is 96.7 Å². The van der Waals surface area contributed by atoms with Gasteiger partial charge in [-0.15, -0.1) is 0 Å². The zero-order valence-corrected chi connectivity index (χ0v) is 17.7. The van der Waals surface area contributed by atoms with Crippen molar-refractivity contribution in [3.63, 3.8) is 0 Å². The number of nitro benzene ring substituents is 1. The Bertz CT molecular complexity index is 1470. The second kappa shape index (κ2) is 8.25. The molecule has 0 aliphatic carbocycles. The number of fused-ring (bicyclic) bond motifs is 1. The number of anilines is 1. The number of nitro groups is 1. The van der Waals surface area contributed by atoms with Gasteiger partial charge in [-0.05, 0) is 35.7 Å². The van der Waals surface area contributed by atoms with Gasteiger partial charge in [-0.3, -0.25) is 29.6 Å². The van der Waals surface area contributed by atoms with E-state index in [0.717, 1.165) is 10.8 Å². The standard InChI is InChI=1S/C26H17N3O5/c30-24(17-11-13-18(14-12-17)29(33)34)22-23(20-9-3-4-15-27-20)28(26(32)25(22)31)21-10-5-7-16-6-1-2-8-19(16)21/h1-15,23,30H/b24-22+. The molecule has 0 saturated carbocycles. The highest BCUT2D eigenvalue weighted by atomic mass is 16.6. The highest BCUT2D eigenvalue weighted by Gasteiger charge is 2.48. The molecule has 166 valence electrons. The van der Waals surface area contributed by atoms with Crippen LogP contribution in [0.3, 0.4) is 0 Å². The van der Waals surface area contributed by atoms with Gasteiger partial charge in [0.25, 0.3) is 17.4 Å². The largest absolute Gasteiger partial charge is 0.507 e. The minimum absolute atomic E-state index is 0.134. The van der Waals surface area contributed by atoms with Crippen molar-refractivity contribution < 1.29 is 19.6 Å². The summed E-state index contributed by atoms with van der Waals surface area (Å²) in [7, 11) is 0. The molecule has 34 heavy (non-hydrogen) atoms. The maximum atomic E-state index is 13.3. The third kappa shape index (κ3) is 3.38. The number of aromatic nitrogens is 1. The quantitative estimate of drug-likeness (QED) is 0.157. The average Bonchev–Trinajstić information content (AvgIpc) is 3.14. The van der Waals surface area contributed by atoms with Gasteiger partial charge in [0, 0.05) is 29.3 Å². The molecule has 1 aliphatic rings. The van der Waals surface area contributed by atoms with Crippen LogP contribution in [-0.2, 0) is 9.59 Å². The molecule has 1 atom stereocenters. The monoisotopic (exact) mass is 451 g/mol. The molecule has 1 unspecified atom stereocenters. The first-order valence-electron chi connectivity index (χ1n) is 10.4. The van der Waals surface area contributed by atoms with Crippen molar-refractivity contribution in [2.24, 2.45) is 0 Å². The topological polar surface area (TPSA) is 114 Å². The van der Waals surface area contributed by atoms with Crippen molar-refractivity contribution >= 4 is 39.6 Å². The van der Waals surface area contributed by atoms with Crippen LogP contribution in [0.1, 0.15) is 17.3 Å². The number of rotatable bonds is 4. The Morgan fingerprint density at radius 3 is 2.32 bits per heavy atom. The van der Waals surface area contributed by atoms with E-state index in [4.69, 9.17) is 0 Å². The fourth-order valence-corrected chi connectivity index (χ4v) is 4.21. The molecule has 1 aliphatic heterocycles. The normalized spacial score (nSPS) is 17.3. The molecular weight excluding hydrogens is 434 g/mol. The second-order valence-corrected chi connectivity index (χ2v) is 7.73. The first-order valence-corrected chi connectivity index (χ1v) is 10.4. The number of carbonyl (C=O) groups excluding carboxylic acids is 2. The van der Waals surface area contributed by atoms with Crippen LogP contribution in [0.4, 0.5) is 11.4 Å². The molecule has 1 fully saturated rings. The van der Waals surface area contributed by atoms with Crippen molar-refractivity contribution in [2.45, 2.75) is 6.04 Å². The van der Waals surface area contributed by atoms with Crippen LogP contribution in [0.25, 0.3) is 16.5 Å². The Morgan fingerprint density at radius 2 is 1.62 bits per heavy atom. The molecule has 0 spiro atoms. The minimum Gasteiger partial charge on any atom is -0.507 e. The molecule has 8 nitrogen and oxygen atoms in total. The Hall–Kier alpha value is -4.85. The SMILES string of the molecule is O=C1C(=O)N(c2cccc3ccccc23)C(c2ccccn2)/C1=C(\O)c1ccc([N+](=O)[O-])cc1. The van der Waals surface area contributed by atoms with E-state index in [1.165, 1.54) is 29.2 Å². The summed E-state index contributed by atoms with van der Waals surface area (Å²) in [4.78, 5) is 42.7. The van der Waals surface area contributed by atoms with Gasteiger partial charge in [-0.2, -0.15) is 0 Å². The number of non-ortho nitro benzene ring substituents is 1. The maximum Gasteiger partial charge on any atom is 0.300 e. The lowest BCUT2D eigenvalue weighted by Crippen LogP contribution is -2.30. The zero-order chi connectivity index (χ0) is 23.8. The molecule has 8 heteroatoms. The smallest absolute Gasteiger partial charge is 0.300 e. The molecule has 0 bridgehead atoms. The lowest BCUT2D eigenvalue weighted by atomic mass is 9.97. The van der Waals surface area contributed by atoms with E-state index < -0.39 is 28.4 Å². The number of ketones is 1. The summed E-state index contributed by atoms with van der Waals surface area (Å²) in [5.74, 6) is -2.08. The third-order valence-electron chi connectivity index (χ3n) is 5.79. The number of hydrogen-bond donors (Lipinski definition) is 1. The van der Waals surface area contributed by atoms with Gasteiger partial charge in [-0.25, -0.2) is 0 Å². The molecule has 1 amide bonds. The number of Topliss-reactive ketones (excluding diaryl/α,β-unsaturated/α-hetero) is 1. The van der Waals surface area contributed by atoms with Gasteiger partial charge in [0.1, 0.15) is 11.8 Å². The van der Waals surface area contributed by atoms with Crippen LogP contribution in [0.2, 0.25) is 0 Å².